The molecule has 0 aliphatic carbocycles. The van der Waals surface area contributed by atoms with Gasteiger partial charge in [0.05, 0.1) is 17.1 Å². The summed E-state index contributed by atoms with van der Waals surface area (Å²) in [6.07, 6.45) is 0. The van der Waals surface area contributed by atoms with Crippen LogP contribution >= 0.6 is 0 Å². The number of nitrogens with zero attached hydrogens (tertiary/aromatic N) is 2. The van der Waals surface area contributed by atoms with E-state index >= 15 is 0 Å². The third-order valence-corrected chi connectivity index (χ3v) is 7.17. The van der Waals surface area contributed by atoms with Crippen LogP contribution in [-0.2, 0) is 15.2 Å². The highest BCUT2D eigenvalue weighted by Crippen LogP contribution is 2.51. The van der Waals surface area contributed by atoms with Crippen LogP contribution in [0.1, 0.15) is 30.5 Å². The molecular formula is C36H30N2O3. The molecule has 202 valence electrons. The Hall–Kier alpha value is -5.00. The first kappa shape index (κ1) is 26.2. The van der Waals surface area contributed by atoms with Crippen molar-refractivity contribution in [2.75, 3.05) is 5.06 Å². The van der Waals surface area contributed by atoms with Crippen molar-refractivity contribution in [3.05, 3.63) is 162 Å². The molecule has 6 rings (SSSR count). The minimum Gasteiger partial charge on any atom is -0.424 e. The first-order valence-electron chi connectivity index (χ1n) is 13.6. The van der Waals surface area contributed by atoms with Crippen LogP contribution in [0.5, 0.6) is 5.75 Å². The van der Waals surface area contributed by atoms with Crippen LogP contribution in [0, 0.1) is 0 Å². The normalized spacial score (nSPS) is 15.0. The number of para-hydroxylation sites is 3. The van der Waals surface area contributed by atoms with Gasteiger partial charge in [0.1, 0.15) is 5.75 Å². The molecule has 5 aromatic carbocycles. The van der Waals surface area contributed by atoms with Crippen molar-refractivity contribution >= 4 is 23.1 Å². The number of anilines is 1. The van der Waals surface area contributed by atoms with Crippen molar-refractivity contribution < 1.29 is 14.4 Å². The van der Waals surface area contributed by atoms with E-state index < -0.39 is 17.1 Å². The van der Waals surface area contributed by atoms with E-state index in [1.54, 1.807) is 26.0 Å². The van der Waals surface area contributed by atoms with Gasteiger partial charge in [0, 0.05) is 5.56 Å². The number of carbonyl (C=O) groups excluding carboxylic acids is 1. The minimum atomic E-state index is -1.36. The Morgan fingerprint density at radius 3 is 1.73 bits per heavy atom. The quantitative estimate of drug-likeness (QED) is 0.156. The Morgan fingerprint density at radius 1 is 0.659 bits per heavy atom. The number of hydrogen-bond donors (Lipinski definition) is 0. The lowest BCUT2D eigenvalue weighted by Crippen LogP contribution is -2.54. The highest BCUT2D eigenvalue weighted by molar-refractivity contribution is 6.19. The molecule has 0 unspecified atom stereocenters. The lowest BCUT2D eigenvalue weighted by Gasteiger charge is -2.43. The number of rotatable bonds is 7. The fraction of sp³-hybridized carbons (Fsp3) is 0.111. The lowest BCUT2D eigenvalue weighted by atomic mass is 9.78. The summed E-state index contributed by atoms with van der Waals surface area (Å²) < 4.78 is 5.76. The molecule has 1 heterocycles. The minimum absolute atomic E-state index is 0.458. The van der Waals surface area contributed by atoms with Gasteiger partial charge >= 0.3 is 5.97 Å². The van der Waals surface area contributed by atoms with E-state index in [0.29, 0.717) is 5.75 Å². The molecule has 0 atom stereocenters. The zero-order chi connectivity index (χ0) is 28.3. The van der Waals surface area contributed by atoms with E-state index in [0.717, 1.165) is 33.8 Å². The fourth-order valence-electron chi connectivity index (χ4n) is 5.23. The summed E-state index contributed by atoms with van der Waals surface area (Å²) in [5.41, 5.74) is 2.84. The van der Waals surface area contributed by atoms with Crippen LogP contribution in [0.2, 0.25) is 0 Å². The molecule has 1 aliphatic rings. The SMILES string of the molecule is CC(C)(ON1c2ccccc2C(=Nc2ccccc2)C1(c1ccccc1)c1ccccc1)C(=O)Oc1ccccc1. The van der Waals surface area contributed by atoms with Crippen molar-refractivity contribution in [1.82, 2.24) is 0 Å². The highest BCUT2D eigenvalue weighted by Gasteiger charge is 2.55. The highest BCUT2D eigenvalue weighted by atomic mass is 16.7. The molecule has 0 fully saturated rings. The number of ether oxygens (including phenoxy) is 1. The first-order valence-corrected chi connectivity index (χ1v) is 13.6. The first-order chi connectivity index (χ1) is 20.0. The van der Waals surface area contributed by atoms with Crippen molar-refractivity contribution in [2.45, 2.75) is 25.0 Å². The molecule has 0 radical (unpaired) electrons. The van der Waals surface area contributed by atoms with Gasteiger partial charge in [0.15, 0.2) is 11.1 Å². The van der Waals surface area contributed by atoms with Gasteiger partial charge in [-0.2, -0.15) is 0 Å². The summed E-state index contributed by atoms with van der Waals surface area (Å²) in [6, 6.07) is 47.3. The molecule has 5 aromatic rings. The summed E-state index contributed by atoms with van der Waals surface area (Å²) in [6.45, 7) is 3.46. The van der Waals surface area contributed by atoms with Gasteiger partial charge in [-0.05, 0) is 55.3 Å². The average molecular weight is 539 g/mol. The molecule has 1 aliphatic heterocycles. The smallest absolute Gasteiger partial charge is 0.345 e. The second kappa shape index (κ2) is 10.9. The van der Waals surface area contributed by atoms with E-state index in [-0.39, 0.29) is 0 Å². The molecule has 0 saturated carbocycles. The Bertz CT molecular complexity index is 1630. The number of carbonyl (C=O) groups is 1. The maximum absolute atomic E-state index is 13.6. The van der Waals surface area contributed by atoms with E-state index in [2.05, 4.69) is 30.3 Å². The third-order valence-electron chi connectivity index (χ3n) is 7.17. The largest absolute Gasteiger partial charge is 0.424 e. The van der Waals surface area contributed by atoms with Crippen molar-refractivity contribution in [3.8, 4) is 5.75 Å². The fourth-order valence-corrected chi connectivity index (χ4v) is 5.23. The number of hydroxylamine groups is 1. The lowest BCUT2D eigenvalue weighted by molar-refractivity contribution is -0.161. The number of esters is 1. The summed E-state index contributed by atoms with van der Waals surface area (Å²) in [5.74, 6) is -0.0515. The van der Waals surface area contributed by atoms with Crippen LogP contribution in [0.15, 0.2) is 151 Å². The maximum atomic E-state index is 13.6. The number of aliphatic imine (C=N–C) groups is 1. The summed E-state index contributed by atoms with van der Waals surface area (Å²) >= 11 is 0. The number of benzene rings is 5. The van der Waals surface area contributed by atoms with Gasteiger partial charge in [-0.25, -0.2) is 14.9 Å². The molecule has 0 N–H and O–H groups in total. The Morgan fingerprint density at radius 2 is 1.15 bits per heavy atom. The van der Waals surface area contributed by atoms with Crippen LogP contribution in [0.4, 0.5) is 11.4 Å². The van der Waals surface area contributed by atoms with E-state index in [1.165, 1.54) is 0 Å². The van der Waals surface area contributed by atoms with Crippen molar-refractivity contribution in [2.24, 2.45) is 4.99 Å². The average Bonchev–Trinajstić information content (AvgIpc) is 3.28. The van der Waals surface area contributed by atoms with Crippen LogP contribution < -0.4 is 9.80 Å². The van der Waals surface area contributed by atoms with Crippen molar-refractivity contribution in [3.63, 3.8) is 0 Å². The standard InChI is InChI=1S/C36H30N2O3/c1-35(2,34(39)40-30-23-13-6-14-24-30)41-38-32-26-16-15-25-31(32)33(37-29-21-11-5-12-22-29)36(38,27-17-7-3-8-18-27)28-19-9-4-10-20-28/h3-26H,1-2H3. The molecule has 41 heavy (non-hydrogen) atoms. The predicted octanol–water partition coefficient (Wildman–Crippen LogP) is 7.89. The third kappa shape index (κ3) is 4.81. The van der Waals surface area contributed by atoms with Crippen LogP contribution in [0.25, 0.3) is 0 Å². The predicted molar refractivity (Wildman–Crippen MR) is 162 cm³/mol. The number of fused-ring (bicyclic) bond motifs is 1. The zero-order valence-corrected chi connectivity index (χ0v) is 23.0. The summed E-state index contributed by atoms with van der Waals surface area (Å²) in [4.78, 5) is 25.7. The summed E-state index contributed by atoms with van der Waals surface area (Å²) in [7, 11) is 0. The second-order valence-corrected chi connectivity index (χ2v) is 10.4. The second-order valence-electron chi connectivity index (χ2n) is 10.4. The van der Waals surface area contributed by atoms with Gasteiger partial charge in [0.2, 0.25) is 0 Å². The van der Waals surface area contributed by atoms with Gasteiger partial charge in [0.25, 0.3) is 0 Å². The van der Waals surface area contributed by atoms with E-state index in [4.69, 9.17) is 14.6 Å². The van der Waals surface area contributed by atoms with Gasteiger partial charge in [-0.15, -0.1) is 0 Å². The Kier molecular flexibility index (Phi) is 6.96. The van der Waals surface area contributed by atoms with Crippen LogP contribution in [0.3, 0.4) is 0 Å². The zero-order valence-electron chi connectivity index (χ0n) is 23.0. The van der Waals surface area contributed by atoms with E-state index in [1.807, 2.05) is 108 Å². The molecule has 0 saturated heterocycles. The molecule has 5 nitrogen and oxygen atoms in total. The molecule has 5 heteroatoms. The number of hydrogen-bond acceptors (Lipinski definition) is 5. The molecule has 0 amide bonds. The molecule has 0 aromatic heterocycles. The Labute approximate surface area is 240 Å². The molecule has 0 bridgehead atoms. The summed E-state index contributed by atoms with van der Waals surface area (Å²) in [5, 5.41) is 1.85. The Balaban J connectivity index is 1.58. The monoisotopic (exact) mass is 538 g/mol. The van der Waals surface area contributed by atoms with Crippen LogP contribution in [-0.4, -0.2) is 17.3 Å². The van der Waals surface area contributed by atoms with Gasteiger partial charge in [-0.1, -0.05) is 115 Å². The maximum Gasteiger partial charge on any atom is 0.345 e. The topological polar surface area (TPSA) is 51.1 Å². The van der Waals surface area contributed by atoms with E-state index in [9.17, 15) is 4.79 Å². The van der Waals surface area contributed by atoms with Crippen molar-refractivity contribution in [1.29, 1.82) is 0 Å². The molecular weight excluding hydrogens is 508 g/mol. The molecule has 0 spiro atoms. The van der Waals surface area contributed by atoms with Gasteiger partial charge in [-0.3, -0.25) is 4.84 Å². The van der Waals surface area contributed by atoms with Gasteiger partial charge < -0.3 is 4.74 Å².